The number of rotatable bonds is 6. The quantitative estimate of drug-likeness (QED) is 0.645. The van der Waals surface area contributed by atoms with E-state index in [2.05, 4.69) is 29.6 Å². The Morgan fingerprint density at radius 2 is 1.75 bits per heavy atom. The number of hydrogen-bond donors (Lipinski definition) is 1. The molecule has 0 aliphatic carbocycles. The van der Waals surface area contributed by atoms with Gasteiger partial charge in [0.25, 0.3) is 0 Å². The van der Waals surface area contributed by atoms with E-state index in [0.29, 0.717) is 12.4 Å². The van der Waals surface area contributed by atoms with Crippen LogP contribution in [0.4, 0.5) is 5.69 Å². The van der Waals surface area contributed by atoms with Crippen molar-refractivity contribution in [3.05, 3.63) is 66.7 Å². The van der Waals surface area contributed by atoms with Crippen molar-refractivity contribution in [3.63, 3.8) is 0 Å². The van der Waals surface area contributed by atoms with Crippen molar-refractivity contribution >= 4 is 34.1 Å². The standard InChI is InChI=1S/C20H19NO2S/c1-2-23-17-12-10-16(11-13-17)21-20(22)14-24-19-9-5-7-15-6-3-4-8-18(15)19/h3-13H,2,14H2,1H3,(H,21,22). The van der Waals surface area contributed by atoms with Crippen LogP contribution in [0.25, 0.3) is 10.8 Å². The average Bonchev–Trinajstić information content (AvgIpc) is 2.62. The third-order valence-corrected chi connectivity index (χ3v) is 4.63. The molecule has 0 heterocycles. The number of nitrogens with one attached hydrogen (secondary N) is 1. The Morgan fingerprint density at radius 1 is 1.00 bits per heavy atom. The lowest BCUT2D eigenvalue weighted by atomic mass is 10.1. The van der Waals surface area contributed by atoms with Gasteiger partial charge in [-0.15, -0.1) is 11.8 Å². The maximum Gasteiger partial charge on any atom is 0.234 e. The molecule has 3 aromatic carbocycles. The summed E-state index contributed by atoms with van der Waals surface area (Å²) in [4.78, 5) is 13.3. The molecule has 122 valence electrons. The van der Waals surface area contributed by atoms with Gasteiger partial charge in [0, 0.05) is 10.6 Å². The summed E-state index contributed by atoms with van der Waals surface area (Å²) in [6.45, 7) is 2.58. The van der Waals surface area contributed by atoms with Crippen molar-refractivity contribution in [1.82, 2.24) is 0 Å². The number of carbonyl (C=O) groups is 1. The molecule has 3 rings (SSSR count). The summed E-state index contributed by atoms with van der Waals surface area (Å²) >= 11 is 1.55. The smallest absolute Gasteiger partial charge is 0.234 e. The Hall–Kier alpha value is -2.46. The van der Waals surface area contributed by atoms with Crippen LogP contribution >= 0.6 is 11.8 Å². The van der Waals surface area contributed by atoms with E-state index in [1.165, 1.54) is 10.8 Å². The summed E-state index contributed by atoms with van der Waals surface area (Å²) in [5.41, 5.74) is 0.780. The highest BCUT2D eigenvalue weighted by molar-refractivity contribution is 8.00. The highest BCUT2D eigenvalue weighted by Gasteiger charge is 2.06. The summed E-state index contributed by atoms with van der Waals surface area (Å²) in [5.74, 6) is 1.17. The number of carbonyl (C=O) groups excluding carboxylic acids is 1. The summed E-state index contributed by atoms with van der Waals surface area (Å²) in [6, 6.07) is 21.8. The third kappa shape index (κ3) is 4.09. The molecule has 0 bridgehead atoms. The second-order valence-electron chi connectivity index (χ2n) is 5.27. The number of fused-ring (bicyclic) bond motifs is 1. The molecule has 0 saturated carbocycles. The summed E-state index contributed by atoms with van der Waals surface area (Å²) in [7, 11) is 0. The van der Waals surface area contributed by atoms with Crippen molar-refractivity contribution in [2.24, 2.45) is 0 Å². The van der Waals surface area contributed by atoms with Gasteiger partial charge in [0.05, 0.1) is 12.4 Å². The first-order valence-corrected chi connectivity index (χ1v) is 8.88. The Bertz CT molecular complexity index is 825. The van der Waals surface area contributed by atoms with E-state index in [9.17, 15) is 4.79 Å². The normalized spacial score (nSPS) is 10.5. The number of thioether (sulfide) groups is 1. The molecule has 0 atom stereocenters. The highest BCUT2D eigenvalue weighted by atomic mass is 32.2. The lowest BCUT2D eigenvalue weighted by Crippen LogP contribution is -2.13. The first-order chi connectivity index (χ1) is 11.8. The second kappa shape index (κ2) is 7.88. The summed E-state index contributed by atoms with van der Waals surface area (Å²) < 4.78 is 5.40. The van der Waals surface area contributed by atoms with E-state index in [0.717, 1.165) is 16.3 Å². The van der Waals surface area contributed by atoms with Crippen LogP contribution in [0.3, 0.4) is 0 Å². The van der Waals surface area contributed by atoms with Gasteiger partial charge < -0.3 is 10.1 Å². The molecule has 1 amide bonds. The second-order valence-corrected chi connectivity index (χ2v) is 6.29. The minimum absolute atomic E-state index is 0.0166. The zero-order valence-electron chi connectivity index (χ0n) is 13.5. The van der Waals surface area contributed by atoms with Crippen LogP contribution in [0.2, 0.25) is 0 Å². The van der Waals surface area contributed by atoms with Crippen molar-refractivity contribution in [2.45, 2.75) is 11.8 Å². The first kappa shape index (κ1) is 16.4. The molecule has 0 aromatic heterocycles. The van der Waals surface area contributed by atoms with Crippen molar-refractivity contribution in [3.8, 4) is 5.75 Å². The molecular formula is C20H19NO2S. The molecule has 1 N–H and O–H groups in total. The van der Waals surface area contributed by atoms with Crippen LogP contribution in [0.1, 0.15) is 6.92 Å². The van der Waals surface area contributed by atoms with E-state index in [1.807, 2.05) is 49.4 Å². The number of ether oxygens (including phenoxy) is 1. The van der Waals surface area contributed by atoms with Gasteiger partial charge >= 0.3 is 0 Å². The molecular weight excluding hydrogens is 318 g/mol. The zero-order valence-corrected chi connectivity index (χ0v) is 14.3. The maximum absolute atomic E-state index is 12.2. The van der Waals surface area contributed by atoms with Gasteiger partial charge in [-0.1, -0.05) is 36.4 Å². The zero-order chi connectivity index (χ0) is 16.8. The van der Waals surface area contributed by atoms with Gasteiger partial charge in [-0.3, -0.25) is 4.79 Å². The molecule has 0 fully saturated rings. The largest absolute Gasteiger partial charge is 0.494 e. The molecule has 0 aliphatic heterocycles. The predicted octanol–water partition coefficient (Wildman–Crippen LogP) is 4.97. The van der Waals surface area contributed by atoms with E-state index < -0.39 is 0 Å². The van der Waals surface area contributed by atoms with Crippen LogP contribution in [0.15, 0.2) is 71.6 Å². The fraction of sp³-hybridized carbons (Fsp3) is 0.150. The SMILES string of the molecule is CCOc1ccc(NC(=O)CSc2cccc3ccccc23)cc1. The van der Waals surface area contributed by atoms with E-state index in [1.54, 1.807) is 11.8 Å². The summed E-state index contributed by atoms with van der Waals surface area (Å²) in [5, 5.41) is 5.28. The van der Waals surface area contributed by atoms with Gasteiger partial charge in [0.1, 0.15) is 5.75 Å². The van der Waals surface area contributed by atoms with Crippen molar-refractivity contribution in [2.75, 3.05) is 17.7 Å². The molecule has 0 saturated heterocycles. The highest BCUT2D eigenvalue weighted by Crippen LogP contribution is 2.27. The fourth-order valence-corrected chi connectivity index (χ4v) is 3.34. The van der Waals surface area contributed by atoms with Crippen LogP contribution in [-0.2, 0) is 4.79 Å². The fourth-order valence-electron chi connectivity index (χ4n) is 2.46. The predicted molar refractivity (Wildman–Crippen MR) is 101 cm³/mol. The monoisotopic (exact) mass is 337 g/mol. The molecule has 3 aromatic rings. The lowest BCUT2D eigenvalue weighted by molar-refractivity contribution is -0.113. The van der Waals surface area contributed by atoms with Gasteiger partial charge in [-0.05, 0) is 48.0 Å². The van der Waals surface area contributed by atoms with Crippen LogP contribution in [0, 0.1) is 0 Å². The number of anilines is 1. The van der Waals surface area contributed by atoms with Crippen LogP contribution < -0.4 is 10.1 Å². The van der Waals surface area contributed by atoms with Gasteiger partial charge in [-0.2, -0.15) is 0 Å². The Morgan fingerprint density at radius 3 is 2.54 bits per heavy atom. The van der Waals surface area contributed by atoms with Gasteiger partial charge in [-0.25, -0.2) is 0 Å². The molecule has 0 radical (unpaired) electrons. The van der Waals surface area contributed by atoms with E-state index in [-0.39, 0.29) is 5.91 Å². The molecule has 0 unspecified atom stereocenters. The first-order valence-electron chi connectivity index (χ1n) is 7.89. The van der Waals surface area contributed by atoms with E-state index in [4.69, 9.17) is 4.74 Å². The Balaban J connectivity index is 1.60. The molecule has 0 spiro atoms. The molecule has 24 heavy (non-hydrogen) atoms. The minimum Gasteiger partial charge on any atom is -0.494 e. The molecule has 0 aliphatic rings. The minimum atomic E-state index is -0.0166. The topological polar surface area (TPSA) is 38.3 Å². The van der Waals surface area contributed by atoms with Crippen molar-refractivity contribution < 1.29 is 9.53 Å². The van der Waals surface area contributed by atoms with Gasteiger partial charge in [0.15, 0.2) is 0 Å². The Kier molecular flexibility index (Phi) is 5.39. The number of benzene rings is 3. The number of amides is 1. The number of hydrogen-bond acceptors (Lipinski definition) is 3. The average molecular weight is 337 g/mol. The van der Waals surface area contributed by atoms with E-state index >= 15 is 0 Å². The van der Waals surface area contributed by atoms with Gasteiger partial charge in [0.2, 0.25) is 5.91 Å². The van der Waals surface area contributed by atoms with Crippen molar-refractivity contribution in [1.29, 1.82) is 0 Å². The molecule has 4 heteroatoms. The third-order valence-electron chi connectivity index (χ3n) is 3.56. The molecule has 3 nitrogen and oxygen atoms in total. The lowest BCUT2D eigenvalue weighted by Gasteiger charge is -2.08. The Labute approximate surface area is 146 Å². The van der Waals surface area contributed by atoms with Crippen LogP contribution in [-0.4, -0.2) is 18.3 Å². The summed E-state index contributed by atoms with van der Waals surface area (Å²) in [6.07, 6.45) is 0. The van der Waals surface area contributed by atoms with Crippen LogP contribution in [0.5, 0.6) is 5.75 Å². The maximum atomic E-state index is 12.2.